The summed E-state index contributed by atoms with van der Waals surface area (Å²) < 4.78 is 1.96. The van der Waals surface area contributed by atoms with E-state index in [4.69, 9.17) is 9.97 Å². The number of pyridine rings is 1. The Labute approximate surface area is 191 Å². The van der Waals surface area contributed by atoms with Crippen LogP contribution in [0.15, 0.2) is 85.5 Å². The summed E-state index contributed by atoms with van der Waals surface area (Å²) in [6, 6.07) is 21.1. The normalized spacial score (nSPS) is 10.9. The fourth-order valence-corrected chi connectivity index (χ4v) is 3.55. The minimum Gasteiger partial charge on any atom is -0.508 e. The van der Waals surface area contributed by atoms with Crippen molar-refractivity contribution in [1.29, 1.82) is 0 Å². The Hall–Kier alpha value is -4.46. The third-order valence-electron chi connectivity index (χ3n) is 5.25. The Balaban J connectivity index is 1.43. The second-order valence-electron chi connectivity index (χ2n) is 7.58. The summed E-state index contributed by atoms with van der Waals surface area (Å²) in [6.45, 7) is 1.23. The number of fused-ring (bicyclic) bond motifs is 1. The molecule has 3 heterocycles. The van der Waals surface area contributed by atoms with Crippen LogP contribution in [0.3, 0.4) is 0 Å². The van der Waals surface area contributed by atoms with E-state index in [1.165, 1.54) is 0 Å². The molecule has 0 saturated heterocycles. The lowest BCUT2D eigenvalue weighted by molar-refractivity contribution is 0.475. The summed E-state index contributed by atoms with van der Waals surface area (Å²) in [6.07, 6.45) is 6.12. The monoisotopic (exact) mass is 437 g/mol. The molecule has 0 atom stereocenters. The second kappa shape index (κ2) is 9.35. The van der Waals surface area contributed by atoms with Gasteiger partial charge in [0.15, 0.2) is 17.0 Å². The number of nitrogens with zero attached hydrogens (tertiary/aromatic N) is 5. The molecule has 3 aromatic heterocycles. The standard InChI is InChI=1S/C25H23N7O/c33-21-10-8-18(9-11-21)12-14-27-23-22-24(32(17-29-22)20-6-2-1-3-7-20)31-25(30-23)28-16-19-5-4-13-26-15-19/h1-11,13,15,17,33H,12,14,16H2,(H2,27,28,30,31). The first-order valence-corrected chi connectivity index (χ1v) is 10.7. The predicted molar refractivity (Wildman–Crippen MR) is 129 cm³/mol. The van der Waals surface area contributed by atoms with Gasteiger partial charge in [-0.25, -0.2) is 4.98 Å². The van der Waals surface area contributed by atoms with Gasteiger partial charge >= 0.3 is 0 Å². The van der Waals surface area contributed by atoms with E-state index in [1.807, 2.05) is 65.4 Å². The van der Waals surface area contributed by atoms with E-state index in [1.54, 1.807) is 24.7 Å². The lowest BCUT2D eigenvalue weighted by Crippen LogP contribution is -2.11. The Morgan fingerprint density at radius 3 is 2.48 bits per heavy atom. The zero-order valence-corrected chi connectivity index (χ0v) is 17.9. The van der Waals surface area contributed by atoms with Crippen LogP contribution in [0.1, 0.15) is 11.1 Å². The average Bonchev–Trinajstić information content (AvgIpc) is 3.29. The number of nitrogens with one attached hydrogen (secondary N) is 2. The Kier molecular flexibility index (Phi) is 5.79. The summed E-state index contributed by atoms with van der Waals surface area (Å²) in [5.74, 6) is 1.44. The van der Waals surface area contributed by atoms with Gasteiger partial charge in [0.2, 0.25) is 5.95 Å². The maximum Gasteiger partial charge on any atom is 0.227 e. The number of para-hydroxylation sites is 1. The predicted octanol–water partition coefficient (Wildman–Crippen LogP) is 4.18. The number of imidazole rings is 1. The van der Waals surface area contributed by atoms with Gasteiger partial charge in [-0.1, -0.05) is 36.4 Å². The number of hydrogen-bond acceptors (Lipinski definition) is 7. The molecular weight excluding hydrogens is 414 g/mol. The molecule has 0 fully saturated rings. The van der Waals surface area contributed by atoms with Gasteiger partial charge < -0.3 is 15.7 Å². The van der Waals surface area contributed by atoms with Crippen molar-refractivity contribution in [3.8, 4) is 11.4 Å². The summed E-state index contributed by atoms with van der Waals surface area (Å²) in [5, 5.41) is 16.2. The van der Waals surface area contributed by atoms with Gasteiger partial charge in [0.25, 0.3) is 0 Å². The van der Waals surface area contributed by atoms with Crippen LogP contribution in [-0.2, 0) is 13.0 Å². The molecule has 0 aliphatic carbocycles. The quantitative estimate of drug-likeness (QED) is 0.335. The van der Waals surface area contributed by atoms with E-state index in [0.717, 1.165) is 28.9 Å². The first-order valence-electron chi connectivity index (χ1n) is 10.7. The molecule has 0 aliphatic rings. The van der Waals surface area contributed by atoms with Crippen molar-refractivity contribution in [2.24, 2.45) is 0 Å². The minimum atomic E-state index is 0.264. The van der Waals surface area contributed by atoms with E-state index in [-0.39, 0.29) is 5.75 Å². The maximum absolute atomic E-state index is 9.48. The van der Waals surface area contributed by atoms with Gasteiger partial charge in [0, 0.05) is 31.2 Å². The summed E-state index contributed by atoms with van der Waals surface area (Å²) in [4.78, 5) is 18.2. The molecule has 0 radical (unpaired) electrons. The molecular formula is C25H23N7O. The first-order chi connectivity index (χ1) is 16.3. The number of phenols is 1. The summed E-state index contributed by atoms with van der Waals surface area (Å²) >= 11 is 0. The molecule has 3 N–H and O–H groups in total. The smallest absolute Gasteiger partial charge is 0.227 e. The van der Waals surface area contributed by atoms with Gasteiger partial charge in [-0.2, -0.15) is 9.97 Å². The maximum atomic E-state index is 9.48. The molecule has 0 aliphatic heterocycles. The van der Waals surface area contributed by atoms with Crippen LogP contribution in [0.5, 0.6) is 5.75 Å². The number of anilines is 2. The van der Waals surface area contributed by atoms with Crippen molar-refractivity contribution in [2.45, 2.75) is 13.0 Å². The highest BCUT2D eigenvalue weighted by atomic mass is 16.3. The highest BCUT2D eigenvalue weighted by Crippen LogP contribution is 2.24. The molecule has 8 heteroatoms. The van der Waals surface area contributed by atoms with Gasteiger partial charge in [-0.15, -0.1) is 0 Å². The van der Waals surface area contributed by atoms with E-state index in [2.05, 4.69) is 20.6 Å². The van der Waals surface area contributed by atoms with E-state index >= 15 is 0 Å². The van der Waals surface area contributed by atoms with Crippen LogP contribution < -0.4 is 10.6 Å². The molecule has 0 unspecified atom stereocenters. The number of aromatic hydroxyl groups is 1. The zero-order valence-electron chi connectivity index (χ0n) is 17.9. The lowest BCUT2D eigenvalue weighted by atomic mass is 10.1. The molecule has 33 heavy (non-hydrogen) atoms. The Morgan fingerprint density at radius 1 is 0.848 bits per heavy atom. The van der Waals surface area contributed by atoms with Crippen molar-refractivity contribution in [1.82, 2.24) is 24.5 Å². The molecule has 0 bridgehead atoms. The Bertz CT molecular complexity index is 1340. The number of aromatic nitrogens is 5. The largest absolute Gasteiger partial charge is 0.508 e. The molecule has 0 saturated carbocycles. The highest BCUT2D eigenvalue weighted by molar-refractivity contribution is 5.85. The summed E-state index contributed by atoms with van der Waals surface area (Å²) in [7, 11) is 0. The van der Waals surface area contributed by atoms with E-state index in [0.29, 0.717) is 30.4 Å². The van der Waals surface area contributed by atoms with Gasteiger partial charge in [0.05, 0.1) is 0 Å². The average molecular weight is 438 g/mol. The van der Waals surface area contributed by atoms with Gasteiger partial charge in [-0.05, 0) is 47.9 Å². The van der Waals surface area contributed by atoms with Gasteiger partial charge in [0.1, 0.15) is 12.1 Å². The third kappa shape index (κ3) is 4.74. The van der Waals surface area contributed by atoms with Crippen molar-refractivity contribution < 1.29 is 5.11 Å². The molecule has 5 rings (SSSR count). The second-order valence-corrected chi connectivity index (χ2v) is 7.58. The molecule has 2 aromatic carbocycles. The van der Waals surface area contributed by atoms with Crippen LogP contribution >= 0.6 is 0 Å². The third-order valence-corrected chi connectivity index (χ3v) is 5.25. The molecule has 5 aromatic rings. The first kappa shape index (κ1) is 20.4. The van der Waals surface area contributed by atoms with Crippen molar-refractivity contribution >= 4 is 22.9 Å². The highest BCUT2D eigenvalue weighted by Gasteiger charge is 2.14. The molecule has 164 valence electrons. The van der Waals surface area contributed by atoms with Crippen molar-refractivity contribution in [3.05, 3.63) is 96.6 Å². The van der Waals surface area contributed by atoms with Crippen LogP contribution in [0.2, 0.25) is 0 Å². The minimum absolute atomic E-state index is 0.264. The SMILES string of the molecule is Oc1ccc(CCNc2nc(NCc3cccnc3)nc3c2ncn3-c2ccccc2)cc1. The number of benzene rings is 2. The van der Waals surface area contributed by atoms with Crippen LogP contribution in [-0.4, -0.2) is 36.2 Å². The van der Waals surface area contributed by atoms with Crippen LogP contribution in [0.25, 0.3) is 16.9 Å². The van der Waals surface area contributed by atoms with E-state index in [9.17, 15) is 5.11 Å². The van der Waals surface area contributed by atoms with Crippen molar-refractivity contribution in [2.75, 3.05) is 17.2 Å². The van der Waals surface area contributed by atoms with Crippen LogP contribution in [0.4, 0.5) is 11.8 Å². The molecule has 0 amide bonds. The lowest BCUT2D eigenvalue weighted by Gasteiger charge is -2.11. The van der Waals surface area contributed by atoms with Crippen molar-refractivity contribution in [3.63, 3.8) is 0 Å². The molecule has 8 nitrogen and oxygen atoms in total. The number of hydrogen-bond donors (Lipinski definition) is 3. The number of rotatable bonds is 8. The fourth-order valence-electron chi connectivity index (χ4n) is 3.55. The number of phenolic OH excluding ortho intramolecular Hbond substituents is 1. The Morgan fingerprint density at radius 2 is 1.70 bits per heavy atom. The fraction of sp³-hybridized carbons (Fsp3) is 0.120. The van der Waals surface area contributed by atoms with Crippen LogP contribution in [0, 0.1) is 0 Å². The van der Waals surface area contributed by atoms with E-state index < -0.39 is 0 Å². The molecule has 0 spiro atoms. The summed E-state index contributed by atoms with van der Waals surface area (Å²) in [5.41, 5.74) is 4.57. The topological polar surface area (TPSA) is 101 Å². The van der Waals surface area contributed by atoms with Gasteiger partial charge in [-0.3, -0.25) is 9.55 Å². The zero-order chi connectivity index (χ0) is 22.5.